The van der Waals surface area contributed by atoms with Gasteiger partial charge >= 0.3 is 0 Å². The highest BCUT2D eigenvalue weighted by molar-refractivity contribution is 7.12. The molecule has 25 heavy (non-hydrogen) atoms. The molecule has 4 rings (SSSR count). The maximum Gasteiger partial charge on any atom is 0.265 e. The average molecular weight is 364 g/mol. The summed E-state index contributed by atoms with van der Waals surface area (Å²) in [6, 6.07) is 0.0897. The SMILES string of the molecule is COCc1nnc2n1CCC(NC(=O)c1scc3c1OCCO3)CC2. The van der Waals surface area contributed by atoms with E-state index in [0.29, 0.717) is 36.2 Å². The molecule has 8 nitrogen and oxygen atoms in total. The highest BCUT2D eigenvalue weighted by atomic mass is 32.1. The van der Waals surface area contributed by atoms with E-state index in [1.165, 1.54) is 11.3 Å². The van der Waals surface area contributed by atoms with Crippen LogP contribution in [-0.4, -0.2) is 47.0 Å². The molecule has 0 aromatic carbocycles. The number of carbonyl (C=O) groups is 1. The summed E-state index contributed by atoms with van der Waals surface area (Å²) in [5.74, 6) is 2.92. The molecule has 9 heteroatoms. The van der Waals surface area contributed by atoms with Gasteiger partial charge in [-0.25, -0.2) is 0 Å². The summed E-state index contributed by atoms with van der Waals surface area (Å²) in [5, 5.41) is 13.4. The Hall–Kier alpha value is -2.13. The molecule has 0 spiro atoms. The number of amides is 1. The third-order valence-corrected chi connectivity index (χ3v) is 5.38. The van der Waals surface area contributed by atoms with E-state index in [0.717, 1.165) is 37.5 Å². The van der Waals surface area contributed by atoms with Crippen LogP contribution in [0.1, 0.15) is 34.2 Å². The topological polar surface area (TPSA) is 87.5 Å². The molecule has 0 fully saturated rings. The molecular weight excluding hydrogens is 344 g/mol. The van der Waals surface area contributed by atoms with Crippen LogP contribution >= 0.6 is 11.3 Å². The van der Waals surface area contributed by atoms with Gasteiger partial charge in [0.15, 0.2) is 17.3 Å². The van der Waals surface area contributed by atoms with Crippen LogP contribution in [0.15, 0.2) is 5.38 Å². The van der Waals surface area contributed by atoms with E-state index in [2.05, 4.69) is 20.1 Å². The van der Waals surface area contributed by atoms with Crippen LogP contribution in [0.25, 0.3) is 0 Å². The smallest absolute Gasteiger partial charge is 0.265 e. The van der Waals surface area contributed by atoms with Crippen LogP contribution in [-0.2, 0) is 24.3 Å². The lowest BCUT2D eigenvalue weighted by Gasteiger charge is -2.18. The van der Waals surface area contributed by atoms with Crippen LogP contribution in [0.2, 0.25) is 0 Å². The van der Waals surface area contributed by atoms with Gasteiger partial charge in [0.25, 0.3) is 5.91 Å². The molecule has 1 unspecified atom stereocenters. The molecule has 2 aliphatic rings. The number of nitrogens with zero attached hydrogens (tertiary/aromatic N) is 3. The number of ether oxygens (including phenoxy) is 3. The van der Waals surface area contributed by atoms with E-state index in [4.69, 9.17) is 14.2 Å². The molecule has 4 heterocycles. The Bertz CT molecular complexity index is 772. The highest BCUT2D eigenvalue weighted by Crippen LogP contribution is 2.39. The van der Waals surface area contributed by atoms with Crippen molar-refractivity contribution in [2.24, 2.45) is 0 Å². The Kier molecular flexibility index (Phi) is 4.58. The van der Waals surface area contributed by atoms with E-state index < -0.39 is 0 Å². The standard InChI is InChI=1S/C16H20N4O4S/c1-22-8-13-19-18-12-3-2-10(4-5-20(12)13)17-16(21)15-14-11(9-25-15)23-6-7-24-14/h9-10H,2-8H2,1H3,(H,17,21). The molecule has 1 N–H and O–H groups in total. The van der Waals surface area contributed by atoms with Crippen LogP contribution in [0.5, 0.6) is 11.5 Å². The number of thiophene rings is 1. The number of methoxy groups -OCH3 is 1. The minimum absolute atomic E-state index is 0.0897. The molecule has 0 radical (unpaired) electrons. The predicted octanol–water partition coefficient (Wildman–Crippen LogP) is 1.39. The fourth-order valence-corrected chi connectivity index (χ4v) is 4.03. The second-order valence-electron chi connectivity index (χ2n) is 6.07. The van der Waals surface area contributed by atoms with Crippen LogP contribution in [0.4, 0.5) is 0 Å². The molecule has 0 saturated carbocycles. The van der Waals surface area contributed by atoms with Gasteiger partial charge in [-0.3, -0.25) is 4.79 Å². The van der Waals surface area contributed by atoms with Gasteiger partial charge in [-0.2, -0.15) is 0 Å². The van der Waals surface area contributed by atoms with Gasteiger partial charge in [-0.1, -0.05) is 0 Å². The van der Waals surface area contributed by atoms with Crippen molar-refractivity contribution in [2.45, 2.75) is 38.5 Å². The van der Waals surface area contributed by atoms with Crippen molar-refractivity contribution in [3.8, 4) is 11.5 Å². The Morgan fingerprint density at radius 2 is 2.28 bits per heavy atom. The lowest BCUT2D eigenvalue weighted by Crippen LogP contribution is -2.35. The van der Waals surface area contributed by atoms with Gasteiger partial charge in [0, 0.05) is 31.5 Å². The lowest BCUT2D eigenvalue weighted by atomic mass is 10.1. The Morgan fingerprint density at radius 1 is 1.40 bits per heavy atom. The Balaban J connectivity index is 1.42. The number of aromatic nitrogens is 3. The summed E-state index contributed by atoms with van der Waals surface area (Å²) >= 11 is 1.36. The average Bonchev–Trinajstić information content (AvgIpc) is 3.16. The van der Waals surface area contributed by atoms with Gasteiger partial charge in [0.2, 0.25) is 0 Å². The van der Waals surface area contributed by atoms with Gasteiger partial charge in [0.1, 0.15) is 30.5 Å². The summed E-state index contributed by atoms with van der Waals surface area (Å²) in [6.07, 6.45) is 2.45. The van der Waals surface area contributed by atoms with Crippen molar-refractivity contribution in [1.29, 1.82) is 0 Å². The van der Waals surface area contributed by atoms with E-state index in [1.54, 1.807) is 7.11 Å². The number of fused-ring (bicyclic) bond motifs is 2. The van der Waals surface area contributed by atoms with Gasteiger partial charge < -0.3 is 24.1 Å². The molecule has 1 amide bonds. The first-order valence-corrected chi connectivity index (χ1v) is 9.22. The largest absolute Gasteiger partial charge is 0.485 e. The third kappa shape index (κ3) is 3.21. The summed E-state index contributed by atoms with van der Waals surface area (Å²) in [6.45, 7) is 2.22. The zero-order valence-electron chi connectivity index (χ0n) is 14.0. The molecule has 0 saturated heterocycles. The van der Waals surface area contributed by atoms with Crippen LogP contribution in [0.3, 0.4) is 0 Å². The predicted molar refractivity (Wildman–Crippen MR) is 90.2 cm³/mol. The first-order chi connectivity index (χ1) is 12.3. The van der Waals surface area contributed by atoms with Crippen molar-refractivity contribution >= 4 is 17.2 Å². The van der Waals surface area contributed by atoms with Gasteiger partial charge in [0.05, 0.1) is 0 Å². The Labute approximate surface area is 149 Å². The van der Waals surface area contributed by atoms with Crippen molar-refractivity contribution in [1.82, 2.24) is 20.1 Å². The second-order valence-corrected chi connectivity index (χ2v) is 6.95. The Morgan fingerprint density at radius 3 is 3.16 bits per heavy atom. The first kappa shape index (κ1) is 16.3. The molecule has 0 bridgehead atoms. The third-order valence-electron chi connectivity index (χ3n) is 4.44. The molecule has 134 valence electrons. The quantitative estimate of drug-likeness (QED) is 0.882. The number of aryl methyl sites for hydroxylation is 1. The van der Waals surface area contributed by atoms with Crippen molar-refractivity contribution in [2.75, 3.05) is 20.3 Å². The number of nitrogens with one attached hydrogen (secondary N) is 1. The van der Waals surface area contributed by atoms with Crippen LogP contribution in [0, 0.1) is 0 Å². The molecule has 2 aromatic rings. The van der Waals surface area contributed by atoms with E-state index >= 15 is 0 Å². The lowest BCUT2D eigenvalue weighted by molar-refractivity contribution is 0.0927. The second kappa shape index (κ2) is 7.01. The van der Waals surface area contributed by atoms with E-state index in [1.807, 2.05) is 5.38 Å². The van der Waals surface area contributed by atoms with Crippen LogP contribution < -0.4 is 14.8 Å². The number of carbonyl (C=O) groups excluding carboxylic acids is 1. The molecule has 0 aliphatic carbocycles. The number of hydrogen-bond donors (Lipinski definition) is 1. The monoisotopic (exact) mass is 364 g/mol. The van der Waals surface area contributed by atoms with Crippen molar-refractivity contribution in [3.63, 3.8) is 0 Å². The summed E-state index contributed by atoms with van der Waals surface area (Å²) < 4.78 is 18.4. The zero-order chi connectivity index (χ0) is 17.2. The number of hydrogen-bond acceptors (Lipinski definition) is 7. The molecule has 1 atom stereocenters. The summed E-state index contributed by atoms with van der Waals surface area (Å²) in [4.78, 5) is 13.2. The molecular formula is C16H20N4O4S. The fourth-order valence-electron chi connectivity index (χ4n) is 3.20. The fraction of sp³-hybridized carbons (Fsp3) is 0.562. The summed E-state index contributed by atoms with van der Waals surface area (Å²) in [7, 11) is 1.65. The van der Waals surface area contributed by atoms with Crippen molar-refractivity contribution < 1.29 is 19.0 Å². The number of rotatable bonds is 4. The zero-order valence-corrected chi connectivity index (χ0v) is 14.8. The maximum absolute atomic E-state index is 12.6. The normalized spacial score (nSPS) is 19.2. The van der Waals surface area contributed by atoms with Gasteiger partial charge in [-0.05, 0) is 12.8 Å². The summed E-state index contributed by atoms with van der Waals surface area (Å²) in [5.41, 5.74) is 0. The maximum atomic E-state index is 12.6. The minimum atomic E-state index is -0.100. The first-order valence-electron chi connectivity index (χ1n) is 8.34. The van der Waals surface area contributed by atoms with E-state index in [9.17, 15) is 4.79 Å². The van der Waals surface area contributed by atoms with Crippen molar-refractivity contribution in [3.05, 3.63) is 21.9 Å². The highest BCUT2D eigenvalue weighted by Gasteiger charge is 2.26. The molecule has 2 aromatic heterocycles. The van der Waals surface area contributed by atoms with Gasteiger partial charge in [-0.15, -0.1) is 21.5 Å². The minimum Gasteiger partial charge on any atom is -0.485 e. The molecule has 2 aliphatic heterocycles. The van der Waals surface area contributed by atoms with E-state index in [-0.39, 0.29) is 11.9 Å².